The summed E-state index contributed by atoms with van der Waals surface area (Å²) in [6.07, 6.45) is 0. The molecule has 1 unspecified atom stereocenters. The number of carbonyl (C=O) groups excluding carboxylic acids is 16. The van der Waals surface area contributed by atoms with Gasteiger partial charge in [0, 0.05) is 97.2 Å². The first kappa shape index (κ1) is 114. The summed E-state index contributed by atoms with van der Waals surface area (Å²) >= 11 is 2.55. The minimum absolute atomic E-state index is 0.0327. The Morgan fingerprint density at radius 3 is 0.691 bits per heavy atom. The third-order valence-corrected chi connectivity index (χ3v) is 21.2. The van der Waals surface area contributed by atoms with Crippen LogP contribution < -0.4 is 40.2 Å². The topological polar surface area (TPSA) is 395 Å². The lowest BCUT2D eigenvalue weighted by molar-refractivity contribution is -0.125. The largest absolute Gasteiger partial charge is 0.457 e. The van der Waals surface area contributed by atoms with Crippen LogP contribution in [0.1, 0.15) is 165 Å². The van der Waals surface area contributed by atoms with Gasteiger partial charge in [-0.2, -0.15) is 0 Å². The van der Waals surface area contributed by atoms with Crippen molar-refractivity contribution in [3.8, 4) is 67.5 Å². The molecule has 28 nitrogen and oxygen atoms in total. The molecule has 40 heteroatoms. The Morgan fingerprint density at radius 1 is 0.281 bits per heavy atom. The van der Waals surface area contributed by atoms with Gasteiger partial charge in [-0.25, -0.2) is 73.5 Å². The molecule has 9 aromatic rings. The van der Waals surface area contributed by atoms with Gasteiger partial charge in [-0.1, -0.05) is 54.6 Å². The van der Waals surface area contributed by atoms with E-state index in [0.717, 1.165) is 29.8 Å². The molecule has 0 saturated heterocycles. The Labute approximate surface area is 811 Å². The summed E-state index contributed by atoms with van der Waals surface area (Å²) in [5, 5.41) is 6.42. The number of nitrogens with one attached hydrogen (secondary N) is 4. The van der Waals surface area contributed by atoms with Crippen molar-refractivity contribution >= 4 is 139 Å². The van der Waals surface area contributed by atoms with Crippen LogP contribution in [0.15, 0.2) is 176 Å². The summed E-state index contributed by atoms with van der Waals surface area (Å²) in [5.41, 5.74) is -1.34. The van der Waals surface area contributed by atoms with Crippen LogP contribution in [0.25, 0.3) is 44.5 Å². The van der Waals surface area contributed by atoms with Crippen LogP contribution in [-0.2, 0) is 63.9 Å². The molecule has 0 radical (unpaired) electrons. The van der Waals surface area contributed by atoms with Gasteiger partial charge in [0.2, 0.25) is 23.6 Å². The van der Waals surface area contributed by atoms with E-state index in [9.17, 15) is 112 Å². The second kappa shape index (κ2) is 52.6. The molecular weight excluding hydrogens is 1910 g/mol. The molecule has 0 fully saturated rings. The van der Waals surface area contributed by atoms with E-state index in [-0.39, 0.29) is 143 Å². The van der Waals surface area contributed by atoms with Crippen LogP contribution in [0.3, 0.4) is 0 Å². The van der Waals surface area contributed by atoms with Gasteiger partial charge < -0.3 is 59.2 Å². The first-order valence-electron chi connectivity index (χ1n) is 41.7. The SMILES string of the molecule is CC(=O)NC(CSC(=O)Oc1ccc(-c2ccc(F)cc2F)cc1C(=O)OC(C)(C)C)C(C)=O.CC(=O)N[C@@H](CSC(=O)Oc1ccc(-c2ccc(F)cc2F)cc1C(=O)OC(C)(C)C)C(C)=O.CC(=O)N[C@@H](CSC(=O)Oc1ccc(-c2ccc(F)cc2F)cc1C(=O)OCc1ccccc1)C(C)=O.CC(=O)N[C@H](CSC(=O)Oc1ccc(-c2ccc(F)cc2F)cc1C(=O)OC(C)(C)C)C(C)=O. The second-order valence-corrected chi connectivity index (χ2v) is 36.8. The minimum Gasteiger partial charge on any atom is -0.457 e. The molecule has 9 rings (SSSR count). The van der Waals surface area contributed by atoms with Crippen LogP contribution in [-0.4, -0.2) is 156 Å². The van der Waals surface area contributed by atoms with E-state index in [2.05, 4.69) is 21.3 Å². The number of halogens is 8. The van der Waals surface area contributed by atoms with Gasteiger partial charge in [0.05, 0.1) is 24.2 Å². The number of rotatable bonds is 30. The highest BCUT2D eigenvalue weighted by molar-refractivity contribution is 8.14. The van der Waals surface area contributed by atoms with Crippen molar-refractivity contribution in [3.63, 3.8) is 0 Å². The number of esters is 4. The van der Waals surface area contributed by atoms with E-state index >= 15 is 0 Å². The third-order valence-electron chi connectivity index (χ3n) is 17.9. The van der Waals surface area contributed by atoms with Crippen molar-refractivity contribution < 1.29 is 150 Å². The predicted molar refractivity (Wildman–Crippen MR) is 505 cm³/mol. The van der Waals surface area contributed by atoms with Crippen molar-refractivity contribution in [1.82, 2.24) is 21.3 Å². The number of benzene rings is 9. The van der Waals surface area contributed by atoms with E-state index in [0.29, 0.717) is 71.3 Å². The lowest BCUT2D eigenvalue weighted by Crippen LogP contribution is -2.40. The monoisotopic (exact) mass is 2010 g/mol. The first-order valence-corrected chi connectivity index (χ1v) is 45.7. The predicted octanol–water partition coefficient (Wildman–Crippen LogP) is 20.1. The maximum absolute atomic E-state index is 14.4. The van der Waals surface area contributed by atoms with Gasteiger partial charge in [0.1, 0.15) is 115 Å². The fraction of sp³-hybridized carbons (Fsp3) is 0.293. The first-order chi connectivity index (χ1) is 64.9. The lowest BCUT2D eigenvalue weighted by atomic mass is 10.0. The zero-order chi connectivity index (χ0) is 104. The van der Waals surface area contributed by atoms with Crippen molar-refractivity contribution in [1.29, 1.82) is 0 Å². The summed E-state index contributed by atoms with van der Waals surface area (Å²) in [5.74, 6) is -13.6. The van der Waals surface area contributed by atoms with Gasteiger partial charge >= 0.3 is 45.1 Å². The molecule has 0 aliphatic heterocycles. The number of ether oxygens (including phenoxy) is 8. The lowest BCUT2D eigenvalue weighted by Gasteiger charge is -2.21. The number of hydrogen-bond acceptors (Lipinski definition) is 28. The smallest absolute Gasteiger partial charge is 0.372 e. The van der Waals surface area contributed by atoms with Crippen molar-refractivity contribution in [2.75, 3.05) is 23.0 Å². The molecule has 139 heavy (non-hydrogen) atoms. The van der Waals surface area contributed by atoms with Gasteiger partial charge in [-0.3, -0.25) is 38.4 Å². The van der Waals surface area contributed by atoms with E-state index < -0.39 is 156 Å². The Bertz CT molecular complexity index is 5690. The number of hydrogen-bond donors (Lipinski definition) is 4. The number of carbonyl (C=O) groups is 16. The van der Waals surface area contributed by atoms with Crippen LogP contribution in [0.5, 0.6) is 23.0 Å². The van der Waals surface area contributed by atoms with E-state index in [4.69, 9.17) is 37.9 Å². The quantitative estimate of drug-likeness (QED) is 0.0184. The molecule has 0 aliphatic carbocycles. The molecule has 0 saturated carbocycles. The van der Waals surface area contributed by atoms with Gasteiger partial charge in [0.25, 0.3) is 0 Å². The summed E-state index contributed by atoms with van der Waals surface area (Å²) in [4.78, 5) is 193. The number of thioether (sulfide) groups is 4. The highest BCUT2D eigenvalue weighted by Crippen LogP contribution is 2.38. The highest BCUT2D eigenvalue weighted by Gasteiger charge is 2.32. The van der Waals surface area contributed by atoms with Gasteiger partial charge in [-0.15, -0.1) is 0 Å². The minimum atomic E-state index is -0.894. The maximum Gasteiger partial charge on any atom is 0.372 e. The standard InChI is InChI=1S/C27H23F2NO6S.3C24H25F2NO6S/c1-16(31)24(30-17(2)32)15-37-27(34)36-25-11-8-19(21-10-9-20(28)13-23(21)29)12-22(25)26(33)35-14-18-6-4-3-5-7-18;3*1-13(28)20(27-14(2)29)12-34-23(31)32-21-9-6-15(17-8-7-16(25)11-19(17)26)10-18(21)22(30)33-24(3,4)5/h3-13,24H,14-15H2,1-2H3,(H,30,32);3*6-11,20H,12H2,1-5H3,(H,27,29)/t24-;2*20-;/m010./s1. The molecule has 0 heterocycles. The number of amides is 4. The zero-order valence-corrected chi connectivity index (χ0v) is 81.3. The molecule has 738 valence electrons. The average Bonchev–Trinajstić information content (AvgIpc) is 0.811. The summed E-state index contributed by atoms with van der Waals surface area (Å²) in [6.45, 7) is 24.9. The van der Waals surface area contributed by atoms with Crippen LogP contribution >= 0.6 is 47.0 Å². The molecule has 9 aromatic carbocycles. The fourth-order valence-electron chi connectivity index (χ4n) is 11.6. The second-order valence-electron chi connectivity index (χ2n) is 33.0. The Balaban J connectivity index is 0.000000284. The Hall–Kier alpha value is -13.9. The van der Waals surface area contributed by atoms with Crippen molar-refractivity contribution in [2.45, 2.75) is 165 Å². The maximum atomic E-state index is 14.4. The molecule has 4 amide bonds. The van der Waals surface area contributed by atoms with Crippen LogP contribution in [0, 0.1) is 46.5 Å². The molecule has 0 aliphatic rings. The normalized spacial score (nSPS) is 11.8. The Morgan fingerprint density at radius 2 is 0.496 bits per heavy atom. The summed E-state index contributed by atoms with van der Waals surface area (Å²) in [6, 6.07) is 33.4. The highest BCUT2D eigenvalue weighted by atomic mass is 32.2. The summed E-state index contributed by atoms with van der Waals surface area (Å²) < 4.78 is 153. The van der Waals surface area contributed by atoms with Gasteiger partial charge in [0.15, 0.2) is 23.1 Å². The fourth-order valence-corrected chi connectivity index (χ4v) is 14.7. The molecular formula is C99H98F8N4O24S4. The number of Topliss-reactive ketones (excluding diaryl/α,β-unsaturated/α-hetero) is 4. The third kappa shape index (κ3) is 38.9. The zero-order valence-electron chi connectivity index (χ0n) is 78.0. The molecule has 0 aromatic heterocycles. The average molecular weight is 2010 g/mol. The van der Waals surface area contributed by atoms with E-state index in [1.807, 2.05) is 6.07 Å². The summed E-state index contributed by atoms with van der Waals surface area (Å²) in [7, 11) is 0. The van der Waals surface area contributed by atoms with Crippen molar-refractivity contribution in [3.05, 3.63) is 250 Å². The van der Waals surface area contributed by atoms with Crippen LogP contribution in [0.4, 0.5) is 54.3 Å². The van der Waals surface area contributed by atoms with E-state index in [1.165, 1.54) is 152 Å². The number of ketones is 4. The van der Waals surface area contributed by atoms with E-state index in [1.54, 1.807) is 86.6 Å². The molecule has 4 atom stereocenters. The van der Waals surface area contributed by atoms with Crippen molar-refractivity contribution in [2.24, 2.45) is 0 Å². The van der Waals surface area contributed by atoms with Gasteiger partial charge in [-0.05, 0) is 262 Å². The van der Waals surface area contributed by atoms with Crippen LogP contribution in [0.2, 0.25) is 0 Å². The molecule has 0 bridgehead atoms. The molecule has 4 N–H and O–H groups in total. The Kier molecular flexibility index (Phi) is 43.1. The molecule has 0 spiro atoms.